The summed E-state index contributed by atoms with van der Waals surface area (Å²) in [6, 6.07) is 62.0. The van der Waals surface area contributed by atoms with Crippen molar-refractivity contribution in [3.05, 3.63) is 181 Å². The van der Waals surface area contributed by atoms with Crippen molar-refractivity contribution < 1.29 is 0 Å². The van der Waals surface area contributed by atoms with E-state index >= 15 is 0 Å². The maximum Gasteiger partial charge on any atom is 0.164 e. The number of hydrogen-bond acceptors (Lipinski definition) is 4. The third kappa shape index (κ3) is 6.11. The van der Waals surface area contributed by atoms with Gasteiger partial charge in [0.2, 0.25) is 0 Å². The van der Waals surface area contributed by atoms with E-state index in [-0.39, 0.29) is 5.41 Å². The molecule has 288 valence electrons. The average Bonchev–Trinajstić information content (AvgIpc) is 3.76. The van der Waals surface area contributed by atoms with E-state index in [9.17, 15) is 0 Å². The van der Waals surface area contributed by atoms with Crippen molar-refractivity contribution in [3.63, 3.8) is 0 Å². The zero-order chi connectivity index (χ0) is 40.8. The van der Waals surface area contributed by atoms with Gasteiger partial charge < -0.3 is 0 Å². The van der Waals surface area contributed by atoms with Gasteiger partial charge in [-0.25, -0.2) is 15.0 Å². The molecule has 0 N–H and O–H groups in total. The van der Waals surface area contributed by atoms with Crippen molar-refractivity contribution in [2.75, 3.05) is 0 Å². The van der Waals surface area contributed by atoms with Crippen LogP contribution in [0.1, 0.15) is 25.0 Å². The van der Waals surface area contributed by atoms with Crippen LogP contribution in [0.25, 0.3) is 98.5 Å². The molecule has 60 heavy (non-hydrogen) atoms. The van der Waals surface area contributed by atoms with Crippen LogP contribution >= 0.6 is 11.3 Å². The number of benzene rings is 8. The van der Waals surface area contributed by atoms with E-state index in [0.29, 0.717) is 17.5 Å². The molecule has 0 fully saturated rings. The maximum absolute atomic E-state index is 5.23. The van der Waals surface area contributed by atoms with Crippen LogP contribution in [-0.4, -0.2) is 23.0 Å². The topological polar surface area (TPSA) is 38.7 Å². The second kappa shape index (κ2) is 13.8. The monoisotopic (exact) mass is 805 g/mol. The van der Waals surface area contributed by atoms with E-state index in [1.54, 1.807) is 0 Å². The lowest BCUT2D eigenvalue weighted by Gasteiger charge is -2.23. The van der Waals surface area contributed by atoms with E-state index < -0.39 is 8.07 Å². The summed E-state index contributed by atoms with van der Waals surface area (Å²) in [4.78, 5) is 15.7. The number of aromatic nitrogens is 3. The molecule has 0 spiro atoms. The zero-order valence-corrected chi connectivity index (χ0v) is 36.2. The largest absolute Gasteiger partial charge is 0.208 e. The van der Waals surface area contributed by atoms with Crippen LogP contribution < -0.4 is 5.19 Å². The Hall–Kier alpha value is -6.53. The van der Waals surface area contributed by atoms with Gasteiger partial charge in [-0.15, -0.1) is 11.3 Å². The summed E-state index contributed by atoms with van der Waals surface area (Å²) in [6.45, 7) is 12.0. The van der Waals surface area contributed by atoms with Gasteiger partial charge in [-0.2, -0.15) is 0 Å². The summed E-state index contributed by atoms with van der Waals surface area (Å²) in [7, 11) is -1.36. The minimum absolute atomic E-state index is 0.155. The summed E-state index contributed by atoms with van der Waals surface area (Å²) >= 11 is 1.82. The van der Waals surface area contributed by atoms with E-state index in [0.717, 1.165) is 33.0 Å². The van der Waals surface area contributed by atoms with Gasteiger partial charge in [0, 0.05) is 42.3 Å². The highest BCUT2D eigenvalue weighted by molar-refractivity contribution is 7.25. The first-order valence-electron chi connectivity index (χ1n) is 20.8. The van der Waals surface area contributed by atoms with Crippen LogP contribution in [0.15, 0.2) is 170 Å². The molecule has 0 amide bonds. The number of nitrogens with zero attached hydrogens (tertiary/aromatic N) is 3. The fraction of sp³-hybridized carbons (Fsp3) is 0.109. The van der Waals surface area contributed by atoms with Crippen LogP contribution in [0, 0.1) is 0 Å². The van der Waals surface area contributed by atoms with Crippen LogP contribution in [0.4, 0.5) is 0 Å². The Morgan fingerprint density at radius 1 is 0.400 bits per heavy atom. The first-order valence-corrected chi connectivity index (χ1v) is 25.1. The molecule has 5 heteroatoms. The van der Waals surface area contributed by atoms with Crippen LogP contribution in [0.3, 0.4) is 0 Å². The Bertz CT molecular complexity index is 3330. The van der Waals surface area contributed by atoms with E-state index in [2.05, 4.69) is 203 Å². The van der Waals surface area contributed by atoms with Crippen LogP contribution in [0.5, 0.6) is 0 Å². The zero-order valence-electron chi connectivity index (χ0n) is 34.4. The highest BCUT2D eigenvalue weighted by Crippen LogP contribution is 2.51. The lowest BCUT2D eigenvalue weighted by molar-refractivity contribution is 0.661. The third-order valence-electron chi connectivity index (χ3n) is 12.5. The molecular weight excluding hydrogens is 763 g/mol. The Kier molecular flexibility index (Phi) is 8.39. The van der Waals surface area contributed by atoms with Gasteiger partial charge in [0.25, 0.3) is 0 Å². The van der Waals surface area contributed by atoms with E-state index in [1.165, 1.54) is 64.3 Å². The second-order valence-corrected chi connectivity index (χ2v) is 23.9. The molecule has 0 aliphatic heterocycles. The quantitative estimate of drug-likeness (QED) is 0.157. The smallest absolute Gasteiger partial charge is 0.164 e. The first kappa shape index (κ1) is 36.5. The molecule has 10 aromatic rings. The van der Waals surface area contributed by atoms with E-state index in [4.69, 9.17) is 15.0 Å². The minimum atomic E-state index is -1.36. The van der Waals surface area contributed by atoms with Gasteiger partial charge >= 0.3 is 0 Å². The van der Waals surface area contributed by atoms with Gasteiger partial charge in [0.1, 0.15) is 0 Å². The summed E-state index contributed by atoms with van der Waals surface area (Å²) in [5.41, 5.74) is 13.0. The van der Waals surface area contributed by atoms with Gasteiger partial charge in [-0.05, 0) is 97.7 Å². The number of hydrogen-bond donors (Lipinski definition) is 0. The molecule has 0 atom stereocenters. The van der Waals surface area contributed by atoms with Gasteiger partial charge in [0.15, 0.2) is 17.5 Å². The summed E-state index contributed by atoms with van der Waals surface area (Å²) < 4.78 is 2.53. The highest BCUT2D eigenvalue weighted by atomic mass is 32.1. The van der Waals surface area contributed by atoms with Crippen molar-refractivity contribution in [2.24, 2.45) is 0 Å². The molecule has 0 saturated heterocycles. The number of rotatable bonds is 6. The van der Waals surface area contributed by atoms with Crippen molar-refractivity contribution in [3.8, 4) is 67.5 Å². The van der Waals surface area contributed by atoms with Crippen LogP contribution in [0.2, 0.25) is 19.6 Å². The molecule has 2 aromatic heterocycles. The predicted octanol–water partition coefficient (Wildman–Crippen LogP) is 14.6. The maximum atomic E-state index is 5.23. The molecule has 0 unspecified atom stereocenters. The van der Waals surface area contributed by atoms with E-state index in [1.807, 2.05) is 11.3 Å². The SMILES string of the molecule is CC1(C)c2cc(-c3ccc([Si](C)(C)C)cc3)ccc2-c2ccc(-c3cccc(-c4nc(-c5ccc6sc7ccccc7c6c5)nc(-c5cccc6ccccc56)n4)c3)cc21. The Morgan fingerprint density at radius 2 is 0.933 bits per heavy atom. The molecule has 11 rings (SSSR count). The Balaban J connectivity index is 0.995. The van der Waals surface area contributed by atoms with Crippen molar-refractivity contribution in [2.45, 2.75) is 38.9 Å². The fourth-order valence-electron chi connectivity index (χ4n) is 9.14. The molecule has 0 radical (unpaired) electrons. The third-order valence-corrected chi connectivity index (χ3v) is 15.7. The lowest BCUT2D eigenvalue weighted by Crippen LogP contribution is -2.37. The molecule has 1 aliphatic rings. The van der Waals surface area contributed by atoms with Gasteiger partial charge in [-0.3, -0.25) is 0 Å². The van der Waals surface area contributed by atoms with Gasteiger partial charge in [-0.1, -0.05) is 166 Å². The molecular formula is C55H43N3SSi. The number of fused-ring (bicyclic) bond motifs is 7. The Labute approximate surface area is 356 Å². The second-order valence-electron chi connectivity index (χ2n) is 17.7. The molecule has 3 nitrogen and oxygen atoms in total. The molecule has 2 heterocycles. The predicted molar refractivity (Wildman–Crippen MR) is 258 cm³/mol. The average molecular weight is 806 g/mol. The minimum Gasteiger partial charge on any atom is -0.208 e. The molecule has 0 bridgehead atoms. The summed E-state index contributed by atoms with van der Waals surface area (Å²) in [6.07, 6.45) is 0. The highest BCUT2D eigenvalue weighted by Gasteiger charge is 2.36. The lowest BCUT2D eigenvalue weighted by atomic mass is 9.81. The summed E-state index contributed by atoms with van der Waals surface area (Å²) in [5, 5.41) is 6.23. The van der Waals surface area contributed by atoms with Crippen LogP contribution in [-0.2, 0) is 5.41 Å². The standard InChI is InChI=1S/C55H43N3SSi/c1-55(2)48-32-37(34-20-25-41(26-21-34)60(3,4)5)22-27-43(48)44-28-23-38(33-49(44)55)36-14-10-15-39(30-36)52-56-53(40-24-29-51-47(31-40)45-17-8-9-19-50(45)59-51)58-54(57-52)46-18-11-13-35-12-6-7-16-42(35)46/h6-33H,1-5H3. The van der Waals surface area contributed by atoms with Crippen molar-refractivity contribution in [1.29, 1.82) is 0 Å². The molecule has 8 aromatic carbocycles. The van der Waals surface area contributed by atoms with Crippen molar-refractivity contribution >= 4 is 55.5 Å². The first-order chi connectivity index (χ1) is 29.1. The molecule has 0 saturated carbocycles. The van der Waals surface area contributed by atoms with Gasteiger partial charge in [0.05, 0.1) is 8.07 Å². The fourth-order valence-corrected chi connectivity index (χ4v) is 11.4. The van der Waals surface area contributed by atoms with Crippen molar-refractivity contribution in [1.82, 2.24) is 15.0 Å². The Morgan fingerprint density at radius 3 is 1.67 bits per heavy atom. The number of thiophene rings is 1. The molecule has 1 aliphatic carbocycles. The normalized spacial score (nSPS) is 13.2. The summed E-state index contributed by atoms with van der Waals surface area (Å²) in [5.74, 6) is 1.98.